The predicted octanol–water partition coefficient (Wildman–Crippen LogP) is 2.16. The number of nitrogens with zero attached hydrogens (tertiary/aromatic N) is 2. The molecule has 1 aromatic heterocycles. The molecule has 1 aliphatic heterocycles. The van der Waals surface area contributed by atoms with Crippen molar-refractivity contribution >= 4 is 11.0 Å². The Bertz CT molecular complexity index is 460. The molecular weight excluding hydrogens is 192 g/mol. The van der Waals surface area contributed by atoms with Crippen LogP contribution < -0.4 is 0 Å². The van der Waals surface area contributed by atoms with E-state index in [0.717, 1.165) is 36.0 Å². The number of hydrogen-bond acceptors (Lipinski definition) is 4. The van der Waals surface area contributed by atoms with Gasteiger partial charge in [0.15, 0.2) is 0 Å². The summed E-state index contributed by atoms with van der Waals surface area (Å²) in [6, 6.07) is 5.87. The van der Waals surface area contributed by atoms with E-state index in [2.05, 4.69) is 16.9 Å². The Balaban J connectivity index is 2.05. The minimum atomic E-state index is 0.189. The van der Waals surface area contributed by atoms with Crippen molar-refractivity contribution in [2.75, 3.05) is 6.61 Å². The van der Waals surface area contributed by atoms with Crippen LogP contribution in [-0.2, 0) is 4.74 Å². The molecule has 1 fully saturated rings. The zero-order valence-corrected chi connectivity index (χ0v) is 8.14. The number of ether oxygens (including phenoxy) is 1. The van der Waals surface area contributed by atoms with Crippen molar-refractivity contribution in [2.24, 2.45) is 0 Å². The zero-order chi connectivity index (χ0) is 10.1. The first-order valence-electron chi connectivity index (χ1n) is 5.03. The Kier molecular flexibility index (Phi) is 2.14. The maximum absolute atomic E-state index is 5.23. The first-order valence-corrected chi connectivity index (χ1v) is 5.03. The molecule has 1 saturated heterocycles. The van der Waals surface area contributed by atoms with E-state index < -0.39 is 0 Å². The summed E-state index contributed by atoms with van der Waals surface area (Å²) in [6.45, 7) is 3.78. The predicted molar refractivity (Wildman–Crippen MR) is 53.0 cm³/mol. The second kappa shape index (κ2) is 3.62. The van der Waals surface area contributed by atoms with Crippen molar-refractivity contribution in [3.8, 4) is 0 Å². The summed E-state index contributed by atoms with van der Waals surface area (Å²) in [6.07, 6.45) is 2.10. The molecule has 0 amide bonds. The van der Waals surface area contributed by atoms with Gasteiger partial charge in [-0.3, -0.25) is 0 Å². The van der Waals surface area contributed by atoms with Crippen LogP contribution in [0.2, 0.25) is 0 Å². The summed E-state index contributed by atoms with van der Waals surface area (Å²) in [5.41, 5.74) is 2.70. The number of hydrogen-bond donors (Lipinski definition) is 0. The lowest BCUT2D eigenvalue weighted by Gasteiger charge is -2.20. The first kappa shape index (κ1) is 8.85. The average Bonchev–Trinajstić information content (AvgIpc) is 2.78. The number of rotatable bonds is 1. The summed E-state index contributed by atoms with van der Waals surface area (Å²) in [4.78, 5) is 0. The molecular formula is C11H10N2O2. The summed E-state index contributed by atoms with van der Waals surface area (Å²) in [7, 11) is 0. The lowest BCUT2D eigenvalue weighted by molar-refractivity contribution is 0.141. The molecule has 1 aromatic carbocycles. The second-order valence-electron chi connectivity index (χ2n) is 3.64. The Morgan fingerprint density at radius 1 is 1.33 bits per heavy atom. The van der Waals surface area contributed by atoms with Gasteiger partial charge >= 0.3 is 0 Å². The third-order valence-corrected chi connectivity index (χ3v) is 2.66. The van der Waals surface area contributed by atoms with Crippen LogP contribution in [0, 0.1) is 6.61 Å². The zero-order valence-electron chi connectivity index (χ0n) is 8.14. The normalized spacial score (nSPS) is 22.0. The molecule has 3 rings (SSSR count). The summed E-state index contributed by atoms with van der Waals surface area (Å²) in [5, 5.41) is 7.73. The molecule has 0 spiro atoms. The van der Waals surface area contributed by atoms with Crippen LogP contribution in [0.1, 0.15) is 24.3 Å². The third kappa shape index (κ3) is 1.51. The van der Waals surface area contributed by atoms with Gasteiger partial charge in [0.1, 0.15) is 17.6 Å². The van der Waals surface area contributed by atoms with E-state index in [1.807, 2.05) is 18.2 Å². The molecule has 2 radical (unpaired) electrons. The van der Waals surface area contributed by atoms with E-state index in [9.17, 15) is 0 Å². The second-order valence-corrected chi connectivity index (χ2v) is 3.64. The van der Waals surface area contributed by atoms with Crippen LogP contribution in [0.5, 0.6) is 0 Å². The van der Waals surface area contributed by atoms with Gasteiger partial charge in [-0.05, 0) is 34.8 Å². The molecule has 0 saturated carbocycles. The lowest BCUT2D eigenvalue weighted by Crippen LogP contribution is -2.11. The highest BCUT2D eigenvalue weighted by molar-refractivity contribution is 5.77. The van der Waals surface area contributed by atoms with Crippen LogP contribution in [0.15, 0.2) is 22.8 Å². The fraction of sp³-hybridized carbons (Fsp3) is 0.364. The minimum Gasteiger partial charge on any atom is -0.368 e. The molecule has 76 valence electrons. The van der Waals surface area contributed by atoms with Gasteiger partial charge in [-0.2, -0.15) is 0 Å². The van der Waals surface area contributed by atoms with E-state index in [0.29, 0.717) is 0 Å². The van der Waals surface area contributed by atoms with Crippen molar-refractivity contribution in [1.82, 2.24) is 10.3 Å². The molecule has 0 N–H and O–H groups in total. The molecule has 2 heterocycles. The largest absolute Gasteiger partial charge is 0.368 e. The quantitative estimate of drug-likeness (QED) is 0.710. The van der Waals surface area contributed by atoms with Gasteiger partial charge in [0, 0.05) is 12.5 Å². The van der Waals surface area contributed by atoms with Gasteiger partial charge in [-0.15, -0.1) is 0 Å². The molecule has 0 bridgehead atoms. The van der Waals surface area contributed by atoms with Gasteiger partial charge in [-0.25, -0.2) is 4.63 Å². The van der Waals surface area contributed by atoms with E-state index in [-0.39, 0.29) is 5.92 Å². The number of aromatic nitrogens is 2. The standard InChI is InChI=1S/C11H10N2O2/c1-4-9(8-3-2-6-14-7-8)11-10(5-1)12-15-13-11/h1,4-5,8H,2-3,6H2. The molecule has 1 aliphatic rings. The van der Waals surface area contributed by atoms with E-state index >= 15 is 0 Å². The SMILES string of the molecule is [C]1OCCCC1c1cccc2nonc12. The van der Waals surface area contributed by atoms with Crippen molar-refractivity contribution in [3.63, 3.8) is 0 Å². The van der Waals surface area contributed by atoms with Crippen LogP contribution in [0.3, 0.4) is 0 Å². The first-order chi connectivity index (χ1) is 7.45. The average molecular weight is 202 g/mol. The molecule has 4 heteroatoms. The van der Waals surface area contributed by atoms with Crippen LogP contribution in [0.25, 0.3) is 11.0 Å². The van der Waals surface area contributed by atoms with Crippen LogP contribution >= 0.6 is 0 Å². The van der Waals surface area contributed by atoms with Crippen molar-refractivity contribution in [2.45, 2.75) is 18.8 Å². The Labute approximate surface area is 87.2 Å². The van der Waals surface area contributed by atoms with E-state index in [4.69, 9.17) is 9.37 Å². The Morgan fingerprint density at radius 2 is 2.33 bits per heavy atom. The third-order valence-electron chi connectivity index (χ3n) is 2.66. The van der Waals surface area contributed by atoms with Gasteiger partial charge in [0.25, 0.3) is 0 Å². The monoisotopic (exact) mass is 202 g/mol. The number of benzene rings is 1. The van der Waals surface area contributed by atoms with E-state index in [1.165, 1.54) is 0 Å². The topological polar surface area (TPSA) is 48.2 Å². The van der Waals surface area contributed by atoms with Crippen molar-refractivity contribution in [1.29, 1.82) is 0 Å². The molecule has 15 heavy (non-hydrogen) atoms. The van der Waals surface area contributed by atoms with Crippen molar-refractivity contribution in [3.05, 3.63) is 30.4 Å². The molecule has 1 atom stereocenters. The highest BCUT2D eigenvalue weighted by Crippen LogP contribution is 2.31. The molecule has 2 aromatic rings. The summed E-state index contributed by atoms with van der Waals surface area (Å²) >= 11 is 0. The Morgan fingerprint density at radius 3 is 3.20 bits per heavy atom. The van der Waals surface area contributed by atoms with Crippen LogP contribution in [-0.4, -0.2) is 16.9 Å². The maximum Gasteiger partial charge on any atom is 0.140 e. The van der Waals surface area contributed by atoms with Crippen LogP contribution in [0.4, 0.5) is 0 Å². The smallest absolute Gasteiger partial charge is 0.140 e. The fourth-order valence-corrected chi connectivity index (χ4v) is 1.91. The fourth-order valence-electron chi connectivity index (χ4n) is 1.91. The van der Waals surface area contributed by atoms with Crippen molar-refractivity contribution < 1.29 is 9.37 Å². The number of fused-ring (bicyclic) bond motifs is 1. The van der Waals surface area contributed by atoms with Gasteiger partial charge in [0.2, 0.25) is 0 Å². The van der Waals surface area contributed by atoms with Gasteiger partial charge < -0.3 is 4.74 Å². The van der Waals surface area contributed by atoms with Gasteiger partial charge in [-0.1, -0.05) is 12.1 Å². The molecule has 0 aliphatic carbocycles. The summed E-state index contributed by atoms with van der Waals surface area (Å²) < 4.78 is 9.96. The Hall–Kier alpha value is -1.42. The van der Waals surface area contributed by atoms with E-state index in [1.54, 1.807) is 0 Å². The molecule has 4 nitrogen and oxygen atoms in total. The summed E-state index contributed by atoms with van der Waals surface area (Å²) in [5.74, 6) is 0.189. The maximum atomic E-state index is 5.23. The highest BCUT2D eigenvalue weighted by atomic mass is 16.6. The minimum absolute atomic E-state index is 0.189. The highest BCUT2D eigenvalue weighted by Gasteiger charge is 2.21. The molecule has 1 unspecified atom stereocenters. The van der Waals surface area contributed by atoms with Gasteiger partial charge in [0.05, 0.1) is 0 Å². The lowest BCUT2D eigenvalue weighted by atomic mass is 9.93.